The van der Waals surface area contributed by atoms with Gasteiger partial charge in [-0.2, -0.15) is 4.98 Å². The molecule has 0 spiro atoms. The van der Waals surface area contributed by atoms with Crippen molar-refractivity contribution in [2.45, 2.75) is 6.92 Å². The Morgan fingerprint density at radius 1 is 1.00 bits per heavy atom. The molecule has 0 aliphatic rings. The Bertz CT molecular complexity index is 551. The van der Waals surface area contributed by atoms with Gasteiger partial charge < -0.3 is 19.5 Å². The normalized spacial score (nSPS) is 9.95. The molecule has 5 nitrogen and oxygen atoms in total. The van der Waals surface area contributed by atoms with E-state index in [0.717, 1.165) is 12.4 Å². The van der Waals surface area contributed by atoms with Crippen LogP contribution in [0, 0.1) is 0 Å². The van der Waals surface area contributed by atoms with Crippen molar-refractivity contribution in [1.29, 1.82) is 0 Å². The molecule has 0 radical (unpaired) electrons. The molecule has 2 aromatic rings. The van der Waals surface area contributed by atoms with Crippen LogP contribution < -0.4 is 19.5 Å². The van der Waals surface area contributed by atoms with Crippen molar-refractivity contribution in [1.82, 2.24) is 4.98 Å². The summed E-state index contributed by atoms with van der Waals surface area (Å²) in [6.45, 7) is 2.82. The second kappa shape index (κ2) is 6.65. The Kier molecular flexibility index (Phi) is 4.65. The summed E-state index contributed by atoms with van der Waals surface area (Å²) in [6.07, 6.45) is 0. The van der Waals surface area contributed by atoms with Crippen molar-refractivity contribution in [2.75, 3.05) is 26.1 Å². The lowest BCUT2D eigenvalue weighted by Crippen LogP contribution is -1.99. The maximum Gasteiger partial charge on any atom is 0.221 e. The highest BCUT2D eigenvalue weighted by Gasteiger charge is 2.05. The van der Waals surface area contributed by atoms with Gasteiger partial charge in [-0.15, -0.1) is 0 Å². The van der Waals surface area contributed by atoms with Crippen LogP contribution in [0.25, 0.3) is 0 Å². The van der Waals surface area contributed by atoms with Crippen LogP contribution in [0.5, 0.6) is 23.1 Å². The molecule has 2 rings (SSSR count). The van der Waals surface area contributed by atoms with Crippen molar-refractivity contribution >= 4 is 5.82 Å². The Morgan fingerprint density at radius 3 is 2.25 bits per heavy atom. The number of nitrogens with zero attached hydrogens (tertiary/aromatic N) is 1. The number of hydrogen-bond acceptors (Lipinski definition) is 5. The molecule has 1 heterocycles. The smallest absolute Gasteiger partial charge is 0.221 e. The predicted molar refractivity (Wildman–Crippen MR) is 78.0 cm³/mol. The van der Waals surface area contributed by atoms with Crippen molar-refractivity contribution in [3.8, 4) is 23.1 Å². The fraction of sp³-hybridized carbons (Fsp3) is 0.267. The summed E-state index contributed by atoms with van der Waals surface area (Å²) in [5.41, 5.74) is 0. The third kappa shape index (κ3) is 3.54. The van der Waals surface area contributed by atoms with E-state index in [2.05, 4.69) is 10.3 Å². The highest BCUT2D eigenvalue weighted by Crippen LogP contribution is 2.30. The number of pyridine rings is 1. The summed E-state index contributed by atoms with van der Waals surface area (Å²) in [5, 5.41) is 3.14. The Morgan fingerprint density at radius 2 is 1.65 bits per heavy atom. The van der Waals surface area contributed by atoms with E-state index in [1.54, 1.807) is 38.5 Å². The molecule has 106 valence electrons. The van der Waals surface area contributed by atoms with Gasteiger partial charge >= 0.3 is 0 Å². The molecule has 0 aliphatic heterocycles. The average Bonchev–Trinajstić information content (AvgIpc) is 2.47. The predicted octanol–water partition coefficient (Wildman–Crippen LogP) is 3.32. The molecular weight excluding hydrogens is 256 g/mol. The van der Waals surface area contributed by atoms with Gasteiger partial charge in [0.05, 0.1) is 14.2 Å². The van der Waals surface area contributed by atoms with Gasteiger partial charge in [0, 0.05) is 30.8 Å². The SMILES string of the molecule is CCNc1cccc(Oc2cc(OC)cc(OC)c2)n1. The monoisotopic (exact) mass is 274 g/mol. The molecule has 20 heavy (non-hydrogen) atoms. The molecule has 0 saturated carbocycles. The first-order chi connectivity index (χ1) is 9.75. The minimum atomic E-state index is 0.513. The van der Waals surface area contributed by atoms with E-state index in [-0.39, 0.29) is 0 Å². The van der Waals surface area contributed by atoms with E-state index >= 15 is 0 Å². The first-order valence-electron chi connectivity index (χ1n) is 6.37. The molecule has 0 bridgehead atoms. The van der Waals surface area contributed by atoms with E-state index in [1.807, 2.05) is 19.1 Å². The highest BCUT2D eigenvalue weighted by molar-refractivity contribution is 5.44. The van der Waals surface area contributed by atoms with Gasteiger partial charge in [0.2, 0.25) is 5.88 Å². The first kappa shape index (κ1) is 14.0. The van der Waals surface area contributed by atoms with Gasteiger partial charge in [0.15, 0.2) is 0 Å². The molecule has 0 saturated heterocycles. The van der Waals surface area contributed by atoms with Crippen LogP contribution in [-0.2, 0) is 0 Å². The van der Waals surface area contributed by atoms with Crippen LogP contribution in [-0.4, -0.2) is 25.7 Å². The van der Waals surface area contributed by atoms with Crippen molar-refractivity contribution in [3.63, 3.8) is 0 Å². The van der Waals surface area contributed by atoms with Crippen molar-refractivity contribution in [2.24, 2.45) is 0 Å². The van der Waals surface area contributed by atoms with Crippen LogP contribution in [0.3, 0.4) is 0 Å². The lowest BCUT2D eigenvalue weighted by atomic mass is 10.3. The zero-order chi connectivity index (χ0) is 14.4. The van der Waals surface area contributed by atoms with Gasteiger partial charge in [0.1, 0.15) is 23.1 Å². The second-order valence-electron chi connectivity index (χ2n) is 4.04. The molecule has 0 atom stereocenters. The summed E-state index contributed by atoms with van der Waals surface area (Å²) < 4.78 is 16.1. The third-order valence-electron chi connectivity index (χ3n) is 2.63. The van der Waals surface area contributed by atoms with Gasteiger partial charge in [-0.1, -0.05) is 6.07 Å². The van der Waals surface area contributed by atoms with E-state index < -0.39 is 0 Å². The average molecular weight is 274 g/mol. The van der Waals surface area contributed by atoms with E-state index in [9.17, 15) is 0 Å². The molecule has 0 aliphatic carbocycles. The molecule has 0 amide bonds. The largest absolute Gasteiger partial charge is 0.496 e. The topological polar surface area (TPSA) is 52.6 Å². The summed E-state index contributed by atoms with van der Waals surface area (Å²) in [5.74, 6) is 3.24. The van der Waals surface area contributed by atoms with Crippen LogP contribution in [0.1, 0.15) is 6.92 Å². The van der Waals surface area contributed by atoms with E-state index in [0.29, 0.717) is 23.1 Å². The summed E-state index contributed by atoms with van der Waals surface area (Å²) in [4.78, 5) is 4.35. The Balaban J connectivity index is 2.22. The molecule has 5 heteroatoms. The molecule has 1 N–H and O–H groups in total. The van der Waals surface area contributed by atoms with Gasteiger partial charge in [-0.3, -0.25) is 0 Å². The minimum Gasteiger partial charge on any atom is -0.496 e. The molecule has 1 aromatic carbocycles. The number of aromatic nitrogens is 1. The lowest BCUT2D eigenvalue weighted by Gasteiger charge is -2.10. The fourth-order valence-corrected chi connectivity index (χ4v) is 1.71. The second-order valence-corrected chi connectivity index (χ2v) is 4.04. The Hall–Kier alpha value is -2.43. The number of methoxy groups -OCH3 is 2. The zero-order valence-electron chi connectivity index (χ0n) is 11.8. The molecular formula is C15H18N2O3. The lowest BCUT2D eigenvalue weighted by molar-refractivity contribution is 0.385. The van der Waals surface area contributed by atoms with Crippen LogP contribution >= 0.6 is 0 Å². The Labute approximate surface area is 118 Å². The number of nitrogens with one attached hydrogen (secondary N) is 1. The molecule has 1 aromatic heterocycles. The highest BCUT2D eigenvalue weighted by atomic mass is 16.5. The van der Waals surface area contributed by atoms with Gasteiger partial charge in [-0.25, -0.2) is 0 Å². The van der Waals surface area contributed by atoms with Gasteiger partial charge in [0.25, 0.3) is 0 Å². The minimum absolute atomic E-state index is 0.513. The third-order valence-corrected chi connectivity index (χ3v) is 2.63. The zero-order valence-corrected chi connectivity index (χ0v) is 11.8. The van der Waals surface area contributed by atoms with Crippen molar-refractivity contribution in [3.05, 3.63) is 36.4 Å². The quantitative estimate of drug-likeness (QED) is 0.875. The number of anilines is 1. The number of hydrogen-bond donors (Lipinski definition) is 1. The number of benzene rings is 1. The maximum atomic E-state index is 5.74. The van der Waals surface area contributed by atoms with Crippen molar-refractivity contribution < 1.29 is 14.2 Å². The summed E-state index contributed by atoms with van der Waals surface area (Å²) in [6, 6.07) is 10.9. The fourth-order valence-electron chi connectivity index (χ4n) is 1.71. The molecule has 0 unspecified atom stereocenters. The first-order valence-corrected chi connectivity index (χ1v) is 6.37. The van der Waals surface area contributed by atoms with E-state index in [4.69, 9.17) is 14.2 Å². The maximum absolute atomic E-state index is 5.74. The summed E-state index contributed by atoms with van der Waals surface area (Å²) >= 11 is 0. The van der Waals surface area contributed by atoms with Crippen LogP contribution in [0.2, 0.25) is 0 Å². The van der Waals surface area contributed by atoms with Crippen LogP contribution in [0.15, 0.2) is 36.4 Å². The number of ether oxygens (including phenoxy) is 3. The molecule has 0 fully saturated rings. The number of rotatable bonds is 6. The summed E-state index contributed by atoms with van der Waals surface area (Å²) in [7, 11) is 3.20. The van der Waals surface area contributed by atoms with E-state index in [1.165, 1.54) is 0 Å². The standard InChI is InChI=1S/C15H18N2O3/c1-4-16-14-6-5-7-15(17-14)20-13-9-11(18-2)8-12(10-13)19-3/h5-10H,4H2,1-3H3,(H,16,17). The van der Waals surface area contributed by atoms with Crippen LogP contribution in [0.4, 0.5) is 5.82 Å². The van der Waals surface area contributed by atoms with Gasteiger partial charge in [-0.05, 0) is 13.0 Å².